The van der Waals surface area contributed by atoms with Crippen molar-refractivity contribution < 1.29 is 0 Å². The number of aryl methyl sites for hydroxylation is 1. The molecule has 0 unspecified atom stereocenters. The SMILES string of the molecule is NCCCCn1cc(-c2nc3ccccc3[nH]c2=O)c2ccccc21. The third-order valence-electron chi connectivity index (χ3n) is 4.50. The number of nitrogens with zero attached hydrogens (tertiary/aromatic N) is 2. The molecule has 2 aromatic carbocycles. The van der Waals surface area contributed by atoms with Crippen molar-refractivity contribution in [3.63, 3.8) is 0 Å². The molecule has 0 radical (unpaired) electrons. The summed E-state index contributed by atoms with van der Waals surface area (Å²) in [5, 5.41) is 1.04. The second-order valence-corrected chi connectivity index (χ2v) is 6.18. The zero-order chi connectivity index (χ0) is 17.2. The molecule has 2 heterocycles. The van der Waals surface area contributed by atoms with E-state index in [0.29, 0.717) is 12.2 Å². The Morgan fingerprint density at radius 2 is 1.84 bits per heavy atom. The molecule has 0 fully saturated rings. The minimum absolute atomic E-state index is 0.163. The summed E-state index contributed by atoms with van der Waals surface area (Å²) in [5.41, 5.74) is 9.44. The Morgan fingerprint density at radius 1 is 1.04 bits per heavy atom. The van der Waals surface area contributed by atoms with E-state index in [2.05, 4.69) is 20.6 Å². The maximum Gasteiger partial charge on any atom is 0.275 e. The molecule has 5 nitrogen and oxygen atoms in total. The van der Waals surface area contributed by atoms with Crippen LogP contribution in [0.25, 0.3) is 33.2 Å². The first-order valence-corrected chi connectivity index (χ1v) is 8.55. The number of rotatable bonds is 5. The number of unbranched alkanes of at least 4 members (excludes halogenated alkanes) is 1. The highest BCUT2D eigenvalue weighted by Gasteiger charge is 2.14. The Hall–Kier alpha value is -2.92. The fourth-order valence-corrected chi connectivity index (χ4v) is 3.26. The van der Waals surface area contributed by atoms with E-state index >= 15 is 0 Å². The standard InChI is InChI=1S/C20H20N4O/c21-11-5-6-12-24-13-15(14-7-1-4-10-18(14)24)19-20(25)23-17-9-3-2-8-16(17)22-19/h1-4,7-10,13H,5-6,11-12,21H2,(H,23,25). The fourth-order valence-electron chi connectivity index (χ4n) is 3.26. The maximum atomic E-state index is 12.6. The van der Waals surface area contributed by atoms with E-state index < -0.39 is 0 Å². The van der Waals surface area contributed by atoms with Gasteiger partial charge in [0.15, 0.2) is 0 Å². The molecule has 4 aromatic rings. The molecule has 0 saturated heterocycles. The van der Waals surface area contributed by atoms with Crippen molar-refractivity contribution in [3.8, 4) is 11.3 Å². The maximum absolute atomic E-state index is 12.6. The zero-order valence-electron chi connectivity index (χ0n) is 13.9. The predicted molar refractivity (Wildman–Crippen MR) is 102 cm³/mol. The van der Waals surface area contributed by atoms with Gasteiger partial charge in [-0.1, -0.05) is 30.3 Å². The lowest BCUT2D eigenvalue weighted by Crippen LogP contribution is -2.11. The first-order valence-electron chi connectivity index (χ1n) is 8.55. The summed E-state index contributed by atoms with van der Waals surface area (Å²) in [7, 11) is 0. The van der Waals surface area contributed by atoms with Crippen LogP contribution >= 0.6 is 0 Å². The molecule has 0 bridgehead atoms. The Balaban J connectivity index is 1.89. The van der Waals surface area contributed by atoms with E-state index in [-0.39, 0.29) is 5.56 Å². The van der Waals surface area contributed by atoms with Gasteiger partial charge in [0, 0.05) is 29.2 Å². The molecule has 0 saturated carbocycles. The zero-order valence-corrected chi connectivity index (χ0v) is 13.9. The van der Waals surface area contributed by atoms with Gasteiger partial charge in [0.2, 0.25) is 0 Å². The summed E-state index contributed by atoms with van der Waals surface area (Å²) < 4.78 is 2.19. The topological polar surface area (TPSA) is 76.7 Å². The quantitative estimate of drug-likeness (QED) is 0.551. The molecule has 5 heteroatoms. The molecule has 0 spiro atoms. The van der Waals surface area contributed by atoms with Crippen LogP contribution in [0.2, 0.25) is 0 Å². The number of nitrogens with two attached hydrogens (primary N) is 1. The highest BCUT2D eigenvalue weighted by Crippen LogP contribution is 2.28. The average molecular weight is 332 g/mol. The number of aromatic nitrogens is 3. The number of para-hydroxylation sites is 3. The second-order valence-electron chi connectivity index (χ2n) is 6.18. The predicted octanol–water partition coefficient (Wildman–Crippen LogP) is 3.28. The van der Waals surface area contributed by atoms with E-state index in [1.807, 2.05) is 48.7 Å². The highest BCUT2D eigenvalue weighted by atomic mass is 16.1. The third-order valence-corrected chi connectivity index (χ3v) is 4.50. The van der Waals surface area contributed by atoms with Crippen molar-refractivity contribution in [1.29, 1.82) is 0 Å². The van der Waals surface area contributed by atoms with Crippen LogP contribution in [0, 0.1) is 0 Å². The van der Waals surface area contributed by atoms with Gasteiger partial charge in [-0.15, -0.1) is 0 Å². The van der Waals surface area contributed by atoms with Gasteiger partial charge in [-0.3, -0.25) is 4.79 Å². The summed E-state index contributed by atoms with van der Waals surface area (Å²) in [6, 6.07) is 15.7. The van der Waals surface area contributed by atoms with Gasteiger partial charge < -0.3 is 15.3 Å². The monoisotopic (exact) mass is 332 g/mol. The van der Waals surface area contributed by atoms with Crippen LogP contribution in [0.5, 0.6) is 0 Å². The number of benzene rings is 2. The minimum atomic E-state index is -0.163. The summed E-state index contributed by atoms with van der Waals surface area (Å²) in [6.07, 6.45) is 4.03. The van der Waals surface area contributed by atoms with E-state index in [9.17, 15) is 4.79 Å². The first-order chi connectivity index (χ1) is 12.3. The second kappa shape index (κ2) is 6.53. The highest BCUT2D eigenvalue weighted by molar-refractivity contribution is 5.95. The molecule has 25 heavy (non-hydrogen) atoms. The van der Waals surface area contributed by atoms with Gasteiger partial charge in [-0.2, -0.15) is 0 Å². The Kier molecular flexibility index (Phi) is 4.07. The minimum Gasteiger partial charge on any atom is -0.347 e. The molecule has 2 aromatic heterocycles. The smallest absolute Gasteiger partial charge is 0.275 e. The molecule has 0 aliphatic rings. The molecule has 0 amide bonds. The summed E-state index contributed by atoms with van der Waals surface area (Å²) in [5.74, 6) is 0. The van der Waals surface area contributed by atoms with Gasteiger partial charge in [0.25, 0.3) is 5.56 Å². The van der Waals surface area contributed by atoms with Gasteiger partial charge >= 0.3 is 0 Å². The van der Waals surface area contributed by atoms with Crippen LogP contribution in [0.15, 0.2) is 59.5 Å². The van der Waals surface area contributed by atoms with Gasteiger partial charge in [-0.05, 0) is 37.6 Å². The van der Waals surface area contributed by atoms with Gasteiger partial charge in [0.05, 0.1) is 11.0 Å². The van der Waals surface area contributed by atoms with E-state index in [1.165, 1.54) is 0 Å². The molecule has 3 N–H and O–H groups in total. The van der Waals surface area contributed by atoms with E-state index in [4.69, 9.17) is 5.73 Å². The fraction of sp³-hybridized carbons (Fsp3) is 0.200. The number of hydrogen-bond donors (Lipinski definition) is 2. The molecular weight excluding hydrogens is 312 g/mol. The van der Waals surface area contributed by atoms with Crippen molar-refractivity contribution in [2.45, 2.75) is 19.4 Å². The normalized spacial score (nSPS) is 11.4. The van der Waals surface area contributed by atoms with Crippen LogP contribution in [0.1, 0.15) is 12.8 Å². The van der Waals surface area contributed by atoms with Crippen molar-refractivity contribution >= 4 is 21.9 Å². The molecule has 0 atom stereocenters. The summed E-state index contributed by atoms with van der Waals surface area (Å²) in [4.78, 5) is 20.2. The lowest BCUT2D eigenvalue weighted by molar-refractivity contribution is 0.631. The molecule has 126 valence electrons. The van der Waals surface area contributed by atoms with Gasteiger partial charge in [0.1, 0.15) is 5.69 Å². The molecule has 0 aliphatic heterocycles. The number of hydrogen-bond acceptors (Lipinski definition) is 3. The van der Waals surface area contributed by atoms with Crippen molar-refractivity contribution in [3.05, 3.63) is 65.1 Å². The largest absolute Gasteiger partial charge is 0.347 e. The first kappa shape index (κ1) is 15.6. The Bertz CT molecular complexity index is 1090. The average Bonchev–Trinajstić information content (AvgIpc) is 3.00. The Labute approximate surface area is 145 Å². The lowest BCUT2D eigenvalue weighted by Gasteiger charge is -2.03. The van der Waals surface area contributed by atoms with Crippen molar-refractivity contribution in [2.24, 2.45) is 5.73 Å². The van der Waals surface area contributed by atoms with Crippen LogP contribution in [0.4, 0.5) is 0 Å². The van der Waals surface area contributed by atoms with Crippen LogP contribution in [0.3, 0.4) is 0 Å². The number of fused-ring (bicyclic) bond motifs is 2. The molecule has 0 aliphatic carbocycles. The van der Waals surface area contributed by atoms with Crippen LogP contribution in [-0.4, -0.2) is 21.1 Å². The molecule has 4 rings (SSSR count). The number of nitrogens with one attached hydrogen (secondary N) is 1. The van der Waals surface area contributed by atoms with Gasteiger partial charge in [-0.25, -0.2) is 4.98 Å². The number of aromatic amines is 1. The van der Waals surface area contributed by atoms with E-state index in [0.717, 1.165) is 46.9 Å². The summed E-state index contributed by atoms with van der Waals surface area (Å²) >= 11 is 0. The van der Waals surface area contributed by atoms with Crippen molar-refractivity contribution in [2.75, 3.05) is 6.54 Å². The van der Waals surface area contributed by atoms with Crippen molar-refractivity contribution in [1.82, 2.24) is 14.5 Å². The van der Waals surface area contributed by atoms with Crippen LogP contribution in [-0.2, 0) is 6.54 Å². The summed E-state index contributed by atoms with van der Waals surface area (Å²) in [6.45, 7) is 1.57. The third kappa shape index (κ3) is 2.83. The Morgan fingerprint density at radius 3 is 2.72 bits per heavy atom. The molecular formula is C20H20N4O. The van der Waals surface area contributed by atoms with E-state index in [1.54, 1.807) is 0 Å². The number of H-pyrrole nitrogens is 1. The lowest BCUT2D eigenvalue weighted by atomic mass is 10.1. The van der Waals surface area contributed by atoms with Crippen LogP contribution < -0.4 is 11.3 Å².